The van der Waals surface area contributed by atoms with Crippen LogP contribution < -0.4 is 11.1 Å². The number of cyclic esters (lactones) is 1. The molecule has 9 unspecified atom stereocenters. The topological polar surface area (TPSA) is 346 Å². The third-order valence-electron chi connectivity index (χ3n) is 14.4. The molecule has 3 aliphatic heterocycles. The van der Waals surface area contributed by atoms with Gasteiger partial charge in [0.1, 0.15) is 23.9 Å². The molecule has 446 valence electrons. The van der Waals surface area contributed by atoms with Gasteiger partial charge in [0.25, 0.3) is 0 Å². The highest BCUT2D eigenvalue weighted by molar-refractivity contribution is 7.81. The Morgan fingerprint density at radius 1 is 0.738 bits per heavy atom. The number of ether oxygens (including phenoxy) is 4. The average molecular weight is 1140 g/mol. The zero-order valence-electron chi connectivity index (χ0n) is 46.0. The van der Waals surface area contributed by atoms with Crippen molar-refractivity contribution in [3.05, 3.63) is 115 Å². The Labute approximate surface area is 474 Å². The number of fused-ring (bicyclic) bond motifs is 2. The standard InChI is InChI=1S/C59H86N2O18S/c1-35-17-15-13-11-9-7-5-6-8-10-12-14-16-18-46(77-58-55(72)53(60)54(71)37(3)76-58)31-50-52(57(73)74)49(69)34-59(75,79-50)33-45(67)29-43(65)27-41(63)25-40(62)26-42(64)28-44(66)30-51(70)78-56(35)36(2)19-24-47(80)32-48(68)38-20-22-39(61-4)23-21-38/h5-18,20-23,35-37,40-41,43-47,49-50,52-56,58,61-63,65-67,69,71-72,75,80H,19,24-34,60H2,1-4H3,(H,73,74)/b6-5-,9-7-,10-8+,13-11+,14-12+,17-15+,18-16+/t35?,36-,37?,40+,41-,43-,44+,45-,46-,47?,49-,50?,52+,53?,54?,55?,56?,58?,59+/m0/s1. The summed E-state index contributed by atoms with van der Waals surface area (Å²) in [7, 11) is 1.79. The lowest BCUT2D eigenvalue weighted by Crippen LogP contribution is -2.61. The van der Waals surface area contributed by atoms with Gasteiger partial charge in [-0.2, -0.15) is 12.6 Å². The van der Waals surface area contributed by atoms with Gasteiger partial charge in [0.05, 0.1) is 73.5 Å². The Hall–Kier alpha value is -4.69. The number of rotatable bonds is 11. The molecule has 4 rings (SSSR count). The first-order valence-corrected chi connectivity index (χ1v) is 27.9. The number of carbonyl (C=O) groups is 4. The molecule has 3 aliphatic rings. The number of ketones is 2. The van der Waals surface area contributed by atoms with Gasteiger partial charge in [-0.1, -0.05) is 98.9 Å². The summed E-state index contributed by atoms with van der Waals surface area (Å²) >= 11 is 4.71. The second kappa shape index (κ2) is 34.0. The molecule has 0 aromatic heterocycles. The summed E-state index contributed by atoms with van der Waals surface area (Å²) in [5.74, 6) is -7.33. The van der Waals surface area contributed by atoms with Crippen molar-refractivity contribution in [2.75, 3.05) is 12.4 Å². The normalized spacial score (nSPS) is 38.0. The number of aliphatic hydroxyl groups is 9. The SMILES string of the molecule is CNc1ccc(C(=O)CC(S)CC[C@H](C)C2OC(=O)C[C@H](O)CC(=O)C[C@H](O)C[C@H](O)C[C@H](O)C[C@H](O)C[C@]3(O)C[C@H](O)[C@@H](C(=O)O)C(C[C@@H](OC4OC(C)C(O)C(N)C4O)/C=C/C=C/C=C/C=C\C=C/C=C/C=C/C2C)O3)cc1. The molecule has 20 nitrogen and oxygen atoms in total. The van der Waals surface area contributed by atoms with Crippen molar-refractivity contribution in [1.82, 2.24) is 0 Å². The Morgan fingerprint density at radius 2 is 1.29 bits per heavy atom. The van der Waals surface area contributed by atoms with E-state index in [-0.39, 0.29) is 48.6 Å². The monoisotopic (exact) mass is 1140 g/mol. The van der Waals surface area contributed by atoms with E-state index in [9.17, 15) is 70.2 Å². The molecule has 0 spiro atoms. The Balaban J connectivity index is 1.54. The number of aliphatic hydroxyl groups excluding tert-OH is 8. The van der Waals surface area contributed by atoms with Crippen molar-refractivity contribution < 1.29 is 89.2 Å². The summed E-state index contributed by atoms with van der Waals surface area (Å²) in [6, 6.07) is 6.01. The predicted octanol–water partition coefficient (Wildman–Crippen LogP) is 3.68. The summed E-state index contributed by atoms with van der Waals surface area (Å²) in [5.41, 5.74) is 7.51. The number of esters is 1. The van der Waals surface area contributed by atoms with Gasteiger partial charge in [-0.25, -0.2) is 0 Å². The van der Waals surface area contributed by atoms with Crippen molar-refractivity contribution in [2.24, 2.45) is 23.5 Å². The van der Waals surface area contributed by atoms with Crippen LogP contribution in [0.2, 0.25) is 0 Å². The smallest absolute Gasteiger partial charge is 0.311 e. The van der Waals surface area contributed by atoms with E-state index in [2.05, 4.69) is 5.32 Å². The molecule has 2 bridgehead atoms. The average Bonchev–Trinajstić information content (AvgIpc) is 3.48. The molecule has 0 amide bonds. The largest absolute Gasteiger partial charge is 0.481 e. The zero-order chi connectivity index (χ0) is 59.1. The summed E-state index contributed by atoms with van der Waals surface area (Å²) in [6.45, 7) is 5.34. The van der Waals surface area contributed by atoms with Crippen molar-refractivity contribution in [3.8, 4) is 0 Å². The molecule has 0 radical (unpaired) electrons. The minimum atomic E-state index is -2.34. The number of Topliss-reactive ketones (excluding diaryl/α,β-unsaturated/α-hetero) is 2. The Morgan fingerprint density at radius 3 is 1.88 bits per heavy atom. The highest BCUT2D eigenvalue weighted by atomic mass is 32.1. The van der Waals surface area contributed by atoms with Crippen LogP contribution in [0.15, 0.2) is 109 Å². The number of nitrogens with two attached hydrogens (primary N) is 1. The second-order valence-electron chi connectivity index (χ2n) is 21.4. The first-order chi connectivity index (χ1) is 37.9. The number of hydrogen-bond donors (Lipinski definition) is 13. The number of carbonyl (C=O) groups excluding carboxylic acids is 3. The number of hydrogen-bond acceptors (Lipinski definition) is 20. The maximum absolute atomic E-state index is 13.4. The van der Waals surface area contributed by atoms with Crippen molar-refractivity contribution in [2.45, 2.75) is 194 Å². The van der Waals surface area contributed by atoms with E-state index in [1.54, 1.807) is 86.0 Å². The van der Waals surface area contributed by atoms with Crippen LogP contribution in [0.1, 0.15) is 108 Å². The van der Waals surface area contributed by atoms with E-state index in [1.165, 1.54) is 13.0 Å². The van der Waals surface area contributed by atoms with Gasteiger partial charge in [-0.15, -0.1) is 0 Å². The lowest BCUT2D eigenvalue weighted by atomic mass is 9.82. The van der Waals surface area contributed by atoms with Gasteiger partial charge in [-0.05, 0) is 69.2 Å². The van der Waals surface area contributed by atoms with E-state index >= 15 is 0 Å². The number of thiol groups is 1. The highest BCUT2D eigenvalue weighted by Crippen LogP contribution is 2.38. The molecule has 3 heterocycles. The summed E-state index contributed by atoms with van der Waals surface area (Å²) in [6.07, 6.45) is 4.16. The van der Waals surface area contributed by atoms with Crippen molar-refractivity contribution >= 4 is 41.8 Å². The van der Waals surface area contributed by atoms with Crippen LogP contribution >= 0.6 is 12.6 Å². The number of carboxylic acid groups (broad SMARTS) is 1. The molecule has 80 heavy (non-hydrogen) atoms. The minimum absolute atomic E-state index is 0.0484. The van der Waals surface area contributed by atoms with Crippen LogP contribution in [-0.4, -0.2) is 178 Å². The number of aliphatic carboxylic acids is 1. The van der Waals surface area contributed by atoms with Crippen LogP contribution in [0.3, 0.4) is 0 Å². The molecule has 19 atom stereocenters. The van der Waals surface area contributed by atoms with Crippen LogP contribution in [0.5, 0.6) is 0 Å². The van der Waals surface area contributed by atoms with E-state index in [4.69, 9.17) is 37.3 Å². The molecule has 21 heteroatoms. The quantitative estimate of drug-likeness (QED) is 0.0854. The fourth-order valence-electron chi connectivity index (χ4n) is 10.1. The zero-order valence-corrected chi connectivity index (χ0v) is 46.9. The molecule has 2 fully saturated rings. The molecule has 0 saturated carbocycles. The van der Waals surface area contributed by atoms with E-state index in [0.717, 1.165) is 5.69 Å². The fraction of sp³-hybridized carbons (Fsp3) is 0.593. The number of benzene rings is 1. The second-order valence-corrected chi connectivity index (χ2v) is 22.1. The van der Waals surface area contributed by atoms with E-state index < -0.39 is 154 Å². The number of allylic oxidation sites excluding steroid dienone is 12. The molecule has 1 aromatic rings. The number of anilines is 1. The molecule has 1 aromatic carbocycles. The Kier molecular flexibility index (Phi) is 28.9. The maximum atomic E-state index is 13.4. The molecular weight excluding hydrogens is 1060 g/mol. The van der Waals surface area contributed by atoms with Crippen molar-refractivity contribution in [3.63, 3.8) is 0 Å². The summed E-state index contributed by atoms with van der Waals surface area (Å²) < 4.78 is 23.8. The van der Waals surface area contributed by atoms with E-state index in [1.807, 2.05) is 38.1 Å². The fourth-order valence-corrected chi connectivity index (χ4v) is 10.4. The van der Waals surface area contributed by atoms with Gasteiger partial charge in [0.15, 0.2) is 17.9 Å². The van der Waals surface area contributed by atoms with Crippen LogP contribution in [0.25, 0.3) is 0 Å². The summed E-state index contributed by atoms with van der Waals surface area (Å²) in [5, 5.41) is 111. The molecule has 0 aliphatic carbocycles. The predicted molar refractivity (Wildman–Crippen MR) is 302 cm³/mol. The molecule has 13 N–H and O–H groups in total. The van der Waals surface area contributed by atoms with E-state index in [0.29, 0.717) is 18.4 Å². The minimum Gasteiger partial charge on any atom is -0.481 e. The highest BCUT2D eigenvalue weighted by Gasteiger charge is 2.51. The molecule has 2 saturated heterocycles. The third-order valence-corrected chi connectivity index (χ3v) is 14.8. The first kappa shape index (κ1) is 67.8. The van der Waals surface area contributed by atoms with Gasteiger partial charge in [-0.3, -0.25) is 19.2 Å². The lowest BCUT2D eigenvalue weighted by molar-refractivity contribution is -0.308. The lowest BCUT2D eigenvalue weighted by Gasteiger charge is -2.45. The van der Waals surface area contributed by atoms with Gasteiger partial charge in [0.2, 0.25) is 0 Å². The summed E-state index contributed by atoms with van der Waals surface area (Å²) in [4.78, 5) is 51.9. The van der Waals surface area contributed by atoms with Gasteiger partial charge in [0, 0.05) is 68.0 Å². The van der Waals surface area contributed by atoms with Gasteiger partial charge >= 0.3 is 11.9 Å². The number of carboxylic acids is 1. The van der Waals surface area contributed by atoms with Crippen LogP contribution in [0.4, 0.5) is 5.69 Å². The van der Waals surface area contributed by atoms with Crippen LogP contribution in [0, 0.1) is 17.8 Å². The van der Waals surface area contributed by atoms with Crippen molar-refractivity contribution in [1.29, 1.82) is 0 Å². The number of nitrogens with one attached hydrogen (secondary N) is 1. The Bertz CT molecular complexity index is 2310. The van der Waals surface area contributed by atoms with Crippen LogP contribution in [-0.2, 0) is 33.3 Å². The van der Waals surface area contributed by atoms with Gasteiger partial charge < -0.3 is 81.1 Å². The first-order valence-electron chi connectivity index (χ1n) is 27.4. The third kappa shape index (κ3) is 23.3. The molecular formula is C59H86N2O18S. The maximum Gasteiger partial charge on any atom is 0.311 e.